The molecule has 6 heteroatoms. The van der Waals surface area contributed by atoms with E-state index in [0.29, 0.717) is 11.9 Å². The second-order valence-corrected chi connectivity index (χ2v) is 7.97. The predicted octanol–water partition coefficient (Wildman–Crippen LogP) is 4.19. The van der Waals surface area contributed by atoms with E-state index in [-0.39, 0.29) is 0 Å². The van der Waals surface area contributed by atoms with Gasteiger partial charge >= 0.3 is 0 Å². The maximum Gasteiger partial charge on any atom is 0.204 e. The van der Waals surface area contributed by atoms with E-state index in [1.165, 1.54) is 24.9 Å². The summed E-state index contributed by atoms with van der Waals surface area (Å²) >= 11 is 0. The number of unbranched alkanes of at least 4 members (excludes halogenated alkanes) is 2. The standard InChI is InChI=1S/C24H31N5O/c1-4-10-21(11-5-1)20-30-23-14-18-28(19-15-23)16-8-3-9-17-29-26-24(25-27-29)22-12-6-2-7-13-22/h1-2,4-7,10-13,23H,3,8-9,14-20H2. The van der Waals surface area contributed by atoms with Crippen LogP contribution in [0.25, 0.3) is 11.4 Å². The summed E-state index contributed by atoms with van der Waals surface area (Å²) in [4.78, 5) is 4.29. The van der Waals surface area contributed by atoms with Crippen molar-refractivity contribution in [2.75, 3.05) is 19.6 Å². The molecule has 0 amide bonds. The molecule has 0 atom stereocenters. The molecule has 0 N–H and O–H groups in total. The zero-order chi connectivity index (χ0) is 20.4. The van der Waals surface area contributed by atoms with Gasteiger partial charge in [0.05, 0.1) is 19.3 Å². The minimum atomic E-state index is 0.402. The van der Waals surface area contributed by atoms with Crippen molar-refractivity contribution in [1.29, 1.82) is 0 Å². The van der Waals surface area contributed by atoms with E-state index >= 15 is 0 Å². The molecule has 0 unspecified atom stereocenters. The molecule has 4 rings (SSSR count). The molecule has 158 valence electrons. The number of aryl methyl sites for hydroxylation is 1. The molecule has 1 fully saturated rings. The molecule has 1 aliphatic rings. The number of ether oxygens (including phenoxy) is 1. The molecule has 0 radical (unpaired) electrons. The Balaban J connectivity index is 1.07. The molecule has 30 heavy (non-hydrogen) atoms. The number of nitrogens with zero attached hydrogens (tertiary/aromatic N) is 5. The first-order valence-electron chi connectivity index (χ1n) is 11.1. The zero-order valence-electron chi connectivity index (χ0n) is 17.6. The SMILES string of the molecule is c1ccc(COC2CCN(CCCCCn3nnc(-c4ccccc4)n3)CC2)cc1. The van der Waals surface area contributed by atoms with Gasteiger partial charge < -0.3 is 9.64 Å². The number of piperidine rings is 1. The Morgan fingerprint density at radius 3 is 2.30 bits per heavy atom. The van der Waals surface area contributed by atoms with Crippen molar-refractivity contribution in [1.82, 2.24) is 25.1 Å². The topological polar surface area (TPSA) is 56.1 Å². The number of aromatic nitrogens is 4. The lowest BCUT2D eigenvalue weighted by molar-refractivity contribution is -0.00266. The van der Waals surface area contributed by atoms with E-state index in [1.54, 1.807) is 4.80 Å². The van der Waals surface area contributed by atoms with Crippen LogP contribution in [0.1, 0.15) is 37.7 Å². The fourth-order valence-electron chi connectivity index (χ4n) is 3.89. The summed E-state index contributed by atoms with van der Waals surface area (Å²) in [5.41, 5.74) is 2.28. The molecule has 1 aliphatic heterocycles. The molecule has 1 aromatic heterocycles. The zero-order valence-corrected chi connectivity index (χ0v) is 17.6. The Kier molecular flexibility index (Phi) is 7.58. The minimum Gasteiger partial charge on any atom is -0.373 e. The van der Waals surface area contributed by atoms with Crippen LogP contribution in [0.2, 0.25) is 0 Å². The Morgan fingerprint density at radius 1 is 0.833 bits per heavy atom. The number of hydrogen-bond acceptors (Lipinski definition) is 5. The van der Waals surface area contributed by atoms with Crippen molar-refractivity contribution in [3.05, 3.63) is 66.2 Å². The van der Waals surface area contributed by atoms with Gasteiger partial charge in [0.1, 0.15) is 0 Å². The van der Waals surface area contributed by atoms with Crippen LogP contribution in [0.5, 0.6) is 0 Å². The van der Waals surface area contributed by atoms with Gasteiger partial charge in [0, 0.05) is 18.7 Å². The maximum absolute atomic E-state index is 6.09. The van der Waals surface area contributed by atoms with Crippen LogP contribution >= 0.6 is 0 Å². The van der Waals surface area contributed by atoms with Gasteiger partial charge in [0.2, 0.25) is 5.82 Å². The average molecular weight is 406 g/mol. The first kappa shape index (κ1) is 20.7. The van der Waals surface area contributed by atoms with Gasteiger partial charge in [-0.3, -0.25) is 0 Å². The third-order valence-corrected chi connectivity index (χ3v) is 5.68. The van der Waals surface area contributed by atoms with E-state index in [1.807, 2.05) is 36.4 Å². The molecule has 6 nitrogen and oxygen atoms in total. The van der Waals surface area contributed by atoms with Crippen molar-refractivity contribution in [3.63, 3.8) is 0 Å². The van der Waals surface area contributed by atoms with Gasteiger partial charge in [-0.1, -0.05) is 67.1 Å². The van der Waals surface area contributed by atoms with Gasteiger partial charge in [-0.05, 0) is 43.0 Å². The Labute approximate surface area is 178 Å². The van der Waals surface area contributed by atoms with Crippen LogP contribution in [0, 0.1) is 0 Å². The summed E-state index contributed by atoms with van der Waals surface area (Å²) < 4.78 is 6.09. The highest BCUT2D eigenvalue weighted by atomic mass is 16.5. The van der Waals surface area contributed by atoms with Crippen LogP contribution in [-0.4, -0.2) is 50.8 Å². The number of rotatable bonds is 10. The molecule has 3 aromatic rings. The third kappa shape index (κ3) is 6.21. The minimum absolute atomic E-state index is 0.402. The molecule has 0 saturated carbocycles. The van der Waals surface area contributed by atoms with Crippen LogP contribution in [-0.2, 0) is 17.9 Å². The van der Waals surface area contributed by atoms with Crippen molar-refractivity contribution >= 4 is 0 Å². The summed E-state index contributed by atoms with van der Waals surface area (Å²) in [6.07, 6.45) is 6.17. The van der Waals surface area contributed by atoms with E-state index in [4.69, 9.17) is 4.74 Å². The molecular weight excluding hydrogens is 374 g/mol. The molecule has 0 spiro atoms. The van der Waals surface area contributed by atoms with E-state index in [2.05, 4.69) is 44.6 Å². The predicted molar refractivity (Wildman–Crippen MR) is 118 cm³/mol. The second-order valence-electron chi connectivity index (χ2n) is 7.97. The molecule has 1 saturated heterocycles. The highest BCUT2D eigenvalue weighted by molar-refractivity contribution is 5.52. The summed E-state index contributed by atoms with van der Waals surface area (Å²) in [5.74, 6) is 0.702. The fraction of sp³-hybridized carbons (Fsp3) is 0.458. The number of likely N-dealkylation sites (tertiary alicyclic amines) is 1. The largest absolute Gasteiger partial charge is 0.373 e. The first-order chi connectivity index (χ1) is 14.9. The van der Waals surface area contributed by atoms with Crippen molar-refractivity contribution < 1.29 is 4.74 Å². The number of hydrogen-bond donors (Lipinski definition) is 0. The summed E-state index contributed by atoms with van der Waals surface area (Å²) in [6.45, 7) is 5.02. The Hall–Kier alpha value is -2.57. The Bertz CT molecular complexity index is 860. The van der Waals surface area contributed by atoms with Gasteiger partial charge in [0.25, 0.3) is 0 Å². The van der Waals surface area contributed by atoms with Gasteiger partial charge in [0.15, 0.2) is 0 Å². The summed E-state index contributed by atoms with van der Waals surface area (Å²) in [5, 5.41) is 12.8. The molecular formula is C24H31N5O. The number of benzene rings is 2. The lowest BCUT2D eigenvalue weighted by Crippen LogP contribution is -2.37. The fourth-order valence-corrected chi connectivity index (χ4v) is 3.89. The van der Waals surface area contributed by atoms with Crippen LogP contribution in [0.3, 0.4) is 0 Å². The highest BCUT2D eigenvalue weighted by Crippen LogP contribution is 2.16. The van der Waals surface area contributed by atoms with Gasteiger partial charge in [-0.2, -0.15) is 4.80 Å². The van der Waals surface area contributed by atoms with E-state index in [0.717, 1.165) is 51.1 Å². The van der Waals surface area contributed by atoms with E-state index in [9.17, 15) is 0 Å². The molecule has 0 aliphatic carbocycles. The summed E-state index contributed by atoms with van der Waals surface area (Å²) in [6, 6.07) is 20.5. The summed E-state index contributed by atoms with van der Waals surface area (Å²) in [7, 11) is 0. The lowest BCUT2D eigenvalue weighted by atomic mass is 10.1. The highest BCUT2D eigenvalue weighted by Gasteiger charge is 2.19. The quantitative estimate of drug-likeness (QED) is 0.473. The maximum atomic E-state index is 6.09. The monoisotopic (exact) mass is 405 g/mol. The van der Waals surface area contributed by atoms with Crippen LogP contribution < -0.4 is 0 Å². The average Bonchev–Trinajstić information content (AvgIpc) is 3.29. The van der Waals surface area contributed by atoms with Gasteiger partial charge in [-0.15, -0.1) is 10.2 Å². The number of tetrazole rings is 1. The van der Waals surface area contributed by atoms with Gasteiger partial charge in [-0.25, -0.2) is 0 Å². The smallest absolute Gasteiger partial charge is 0.204 e. The molecule has 2 aromatic carbocycles. The van der Waals surface area contributed by atoms with Crippen molar-refractivity contribution in [3.8, 4) is 11.4 Å². The van der Waals surface area contributed by atoms with E-state index < -0.39 is 0 Å². The van der Waals surface area contributed by atoms with Crippen LogP contribution in [0.15, 0.2) is 60.7 Å². The lowest BCUT2D eigenvalue weighted by Gasteiger charge is -2.31. The van der Waals surface area contributed by atoms with Crippen LogP contribution in [0.4, 0.5) is 0 Å². The molecule has 0 bridgehead atoms. The molecule has 2 heterocycles. The van der Waals surface area contributed by atoms with Crippen molar-refractivity contribution in [2.24, 2.45) is 0 Å². The first-order valence-corrected chi connectivity index (χ1v) is 11.1. The Morgan fingerprint density at radius 2 is 1.53 bits per heavy atom. The van der Waals surface area contributed by atoms with Crippen molar-refractivity contribution in [2.45, 2.75) is 51.4 Å². The third-order valence-electron chi connectivity index (χ3n) is 5.68. The second kappa shape index (κ2) is 11.0. The normalized spacial score (nSPS) is 15.5.